The molecule has 0 aliphatic heterocycles. The molecule has 6 heteroatoms. The van der Waals surface area contributed by atoms with Crippen molar-refractivity contribution in [2.75, 3.05) is 0 Å². The molecule has 0 saturated carbocycles. The Hall–Kier alpha value is -1.12. The van der Waals surface area contributed by atoms with E-state index < -0.39 is 4.92 Å². The summed E-state index contributed by atoms with van der Waals surface area (Å²) in [6.07, 6.45) is 0. The van der Waals surface area contributed by atoms with Crippen molar-refractivity contribution in [2.45, 2.75) is 5.33 Å². The summed E-state index contributed by atoms with van der Waals surface area (Å²) in [5.41, 5.74) is 0.566. The number of halogens is 2. The number of rotatable bonds is 2. The summed E-state index contributed by atoms with van der Waals surface area (Å²) in [7, 11) is 0. The first-order valence-electron chi connectivity index (χ1n) is 3.53. The summed E-state index contributed by atoms with van der Waals surface area (Å²) in [5, 5.41) is 19.5. The van der Waals surface area contributed by atoms with Crippen LogP contribution in [0, 0.1) is 21.4 Å². The van der Waals surface area contributed by atoms with E-state index in [-0.39, 0.29) is 10.7 Å². The van der Waals surface area contributed by atoms with Gasteiger partial charge in [0.2, 0.25) is 0 Å². The molecule has 0 N–H and O–H groups in total. The molecule has 0 saturated heterocycles. The number of nitriles is 1. The highest BCUT2D eigenvalue weighted by Gasteiger charge is 2.18. The fourth-order valence-corrected chi connectivity index (χ4v) is 1.76. The van der Waals surface area contributed by atoms with Crippen LogP contribution >= 0.6 is 27.5 Å². The van der Waals surface area contributed by atoms with Crippen LogP contribution < -0.4 is 0 Å². The third-order valence-electron chi connectivity index (χ3n) is 1.60. The minimum absolute atomic E-state index is 0.0106. The molecule has 0 atom stereocenters. The maximum atomic E-state index is 10.6. The molecule has 1 rings (SSSR count). The summed E-state index contributed by atoms with van der Waals surface area (Å²) in [6.45, 7) is 0. The lowest BCUT2D eigenvalue weighted by Crippen LogP contribution is -1.95. The second-order valence-corrected chi connectivity index (χ2v) is 3.44. The van der Waals surface area contributed by atoms with Crippen molar-refractivity contribution >= 4 is 33.2 Å². The van der Waals surface area contributed by atoms with E-state index in [0.717, 1.165) is 0 Å². The lowest BCUT2D eigenvalue weighted by Gasteiger charge is -2.01. The average molecular weight is 275 g/mol. The smallest absolute Gasteiger partial charge is 0.258 e. The van der Waals surface area contributed by atoms with E-state index in [2.05, 4.69) is 15.9 Å². The summed E-state index contributed by atoms with van der Waals surface area (Å²) < 4.78 is 0. The molecule has 1 aromatic rings. The summed E-state index contributed by atoms with van der Waals surface area (Å²) in [5.74, 6) is 0. The number of hydrogen-bond donors (Lipinski definition) is 0. The lowest BCUT2D eigenvalue weighted by molar-refractivity contribution is -0.385. The highest BCUT2D eigenvalue weighted by Crippen LogP contribution is 2.31. The topological polar surface area (TPSA) is 66.9 Å². The van der Waals surface area contributed by atoms with E-state index in [1.165, 1.54) is 12.1 Å². The van der Waals surface area contributed by atoms with E-state index in [0.29, 0.717) is 16.5 Å². The van der Waals surface area contributed by atoms with Gasteiger partial charge in [-0.05, 0) is 12.1 Å². The van der Waals surface area contributed by atoms with Gasteiger partial charge in [0.25, 0.3) is 5.69 Å². The number of benzene rings is 1. The van der Waals surface area contributed by atoms with Gasteiger partial charge >= 0.3 is 0 Å². The first kappa shape index (κ1) is 11.0. The molecule has 1 aromatic carbocycles. The van der Waals surface area contributed by atoms with Crippen molar-refractivity contribution in [3.63, 3.8) is 0 Å². The molecule has 0 heterocycles. The molecular weight excluding hydrogens is 271 g/mol. The van der Waals surface area contributed by atoms with Gasteiger partial charge in [-0.3, -0.25) is 10.1 Å². The first-order valence-corrected chi connectivity index (χ1v) is 5.03. The molecule has 0 unspecified atom stereocenters. The van der Waals surface area contributed by atoms with Crippen molar-refractivity contribution in [3.05, 3.63) is 38.4 Å². The van der Waals surface area contributed by atoms with Gasteiger partial charge in [0.15, 0.2) is 0 Å². The maximum absolute atomic E-state index is 10.6. The van der Waals surface area contributed by atoms with Gasteiger partial charge in [0.1, 0.15) is 5.02 Å². The third-order valence-corrected chi connectivity index (χ3v) is 2.49. The Morgan fingerprint density at radius 2 is 2.29 bits per heavy atom. The molecule has 4 nitrogen and oxygen atoms in total. The van der Waals surface area contributed by atoms with Crippen LogP contribution in [-0.2, 0) is 5.33 Å². The van der Waals surface area contributed by atoms with E-state index in [4.69, 9.17) is 16.9 Å². The number of nitro groups is 1. The third kappa shape index (κ3) is 2.03. The molecule has 0 aliphatic rings. The van der Waals surface area contributed by atoms with Gasteiger partial charge in [-0.2, -0.15) is 5.26 Å². The van der Waals surface area contributed by atoms with Crippen LogP contribution in [0.15, 0.2) is 12.1 Å². The highest BCUT2D eigenvalue weighted by atomic mass is 79.9. The predicted octanol–water partition coefficient (Wildman–Crippen LogP) is 3.01. The van der Waals surface area contributed by atoms with Crippen LogP contribution in [0.3, 0.4) is 0 Å². The molecule has 0 aliphatic carbocycles. The summed E-state index contributed by atoms with van der Waals surface area (Å²) >= 11 is 8.78. The van der Waals surface area contributed by atoms with Crippen molar-refractivity contribution in [2.24, 2.45) is 0 Å². The predicted molar refractivity (Wildman–Crippen MR) is 55.5 cm³/mol. The van der Waals surface area contributed by atoms with Crippen LogP contribution in [0.2, 0.25) is 5.02 Å². The zero-order valence-corrected chi connectivity index (χ0v) is 9.17. The van der Waals surface area contributed by atoms with E-state index >= 15 is 0 Å². The van der Waals surface area contributed by atoms with Gasteiger partial charge in [0, 0.05) is 10.9 Å². The standard InChI is InChI=1S/C8H4BrClN2O2/c9-3-6-1-5(4-11)2-7(10)8(6)12(13)14/h1-2H,3H2. The zero-order valence-electron chi connectivity index (χ0n) is 6.83. The second kappa shape index (κ2) is 4.40. The SMILES string of the molecule is N#Cc1cc(Cl)c([N+](=O)[O-])c(CBr)c1. The molecule has 14 heavy (non-hydrogen) atoms. The van der Waals surface area contributed by atoms with Crippen LogP contribution in [0.5, 0.6) is 0 Å². The number of nitro benzene ring substituents is 1. The lowest BCUT2D eigenvalue weighted by atomic mass is 10.1. The van der Waals surface area contributed by atoms with Crippen molar-refractivity contribution < 1.29 is 4.92 Å². The molecule has 0 fully saturated rings. The molecule has 0 radical (unpaired) electrons. The summed E-state index contributed by atoms with van der Waals surface area (Å²) in [4.78, 5) is 10.1. The number of hydrogen-bond acceptors (Lipinski definition) is 3. The van der Waals surface area contributed by atoms with Crippen LogP contribution in [0.1, 0.15) is 11.1 Å². The van der Waals surface area contributed by atoms with E-state index in [9.17, 15) is 10.1 Å². The van der Waals surface area contributed by atoms with E-state index in [1.54, 1.807) is 0 Å². The zero-order chi connectivity index (χ0) is 10.7. The number of nitrogens with zero attached hydrogens (tertiary/aromatic N) is 2. The normalized spacial score (nSPS) is 9.50. The largest absolute Gasteiger partial charge is 0.291 e. The minimum Gasteiger partial charge on any atom is -0.258 e. The fraction of sp³-hybridized carbons (Fsp3) is 0.125. The highest BCUT2D eigenvalue weighted by molar-refractivity contribution is 9.08. The van der Waals surface area contributed by atoms with Gasteiger partial charge in [0.05, 0.1) is 16.6 Å². The van der Waals surface area contributed by atoms with Gasteiger partial charge in [-0.15, -0.1) is 0 Å². The Kier molecular flexibility index (Phi) is 3.44. The van der Waals surface area contributed by atoms with Gasteiger partial charge < -0.3 is 0 Å². The van der Waals surface area contributed by atoms with E-state index in [1.807, 2.05) is 6.07 Å². The maximum Gasteiger partial charge on any atom is 0.291 e. The molecule has 0 amide bonds. The molecule has 0 spiro atoms. The Morgan fingerprint density at radius 3 is 2.71 bits per heavy atom. The quantitative estimate of drug-likeness (QED) is 0.473. The van der Waals surface area contributed by atoms with Crippen molar-refractivity contribution in [1.29, 1.82) is 5.26 Å². The second-order valence-electron chi connectivity index (χ2n) is 2.47. The summed E-state index contributed by atoms with van der Waals surface area (Å²) in [6, 6.07) is 4.61. The fourth-order valence-electron chi connectivity index (χ4n) is 1.03. The molecule has 0 bridgehead atoms. The Bertz CT molecular complexity index is 428. The minimum atomic E-state index is -0.555. The van der Waals surface area contributed by atoms with Crippen molar-refractivity contribution in [3.8, 4) is 6.07 Å². The average Bonchev–Trinajstić information content (AvgIpc) is 2.15. The molecule has 0 aromatic heterocycles. The molecule has 72 valence electrons. The number of alkyl halides is 1. The van der Waals surface area contributed by atoms with Crippen LogP contribution in [0.4, 0.5) is 5.69 Å². The van der Waals surface area contributed by atoms with Crippen LogP contribution in [-0.4, -0.2) is 4.92 Å². The Morgan fingerprint density at radius 1 is 1.64 bits per heavy atom. The van der Waals surface area contributed by atoms with Gasteiger partial charge in [-0.25, -0.2) is 0 Å². The first-order chi connectivity index (χ1) is 6.60. The van der Waals surface area contributed by atoms with Crippen LogP contribution in [0.25, 0.3) is 0 Å². The monoisotopic (exact) mass is 274 g/mol. The Balaban J connectivity index is 3.44. The molecular formula is C8H4BrClN2O2. The van der Waals surface area contributed by atoms with Gasteiger partial charge in [-0.1, -0.05) is 27.5 Å². The Labute approximate surface area is 93.4 Å². The van der Waals surface area contributed by atoms with Crippen molar-refractivity contribution in [1.82, 2.24) is 0 Å².